The maximum atomic E-state index is 11.8. The van der Waals surface area contributed by atoms with Gasteiger partial charge in [0.15, 0.2) is 0 Å². The lowest BCUT2D eigenvalue weighted by Gasteiger charge is -2.34. The Kier molecular flexibility index (Phi) is 6.04. The van der Waals surface area contributed by atoms with Crippen LogP contribution in [0.5, 0.6) is 0 Å². The van der Waals surface area contributed by atoms with Gasteiger partial charge in [-0.3, -0.25) is 4.79 Å². The largest absolute Gasteiger partial charge is 0.373 e. The SMILES string of the molecule is N#C/C(=C/N1CCN(c2ccccn2)CC1)C(=O)NCCCl. The molecule has 1 aliphatic heterocycles. The minimum atomic E-state index is -0.379. The van der Waals surface area contributed by atoms with Crippen molar-refractivity contribution in [1.29, 1.82) is 5.26 Å². The third kappa shape index (κ3) is 4.37. The summed E-state index contributed by atoms with van der Waals surface area (Å²) in [4.78, 5) is 20.3. The maximum Gasteiger partial charge on any atom is 0.263 e. The third-order valence-corrected chi connectivity index (χ3v) is 3.53. The molecule has 0 spiro atoms. The first kappa shape index (κ1) is 16.1. The molecule has 1 saturated heterocycles. The lowest BCUT2D eigenvalue weighted by Crippen LogP contribution is -2.44. The average Bonchev–Trinajstić information content (AvgIpc) is 2.59. The number of pyridine rings is 1. The van der Waals surface area contributed by atoms with E-state index < -0.39 is 0 Å². The first-order valence-electron chi connectivity index (χ1n) is 7.10. The number of halogens is 1. The number of alkyl halides is 1. The maximum absolute atomic E-state index is 11.8. The van der Waals surface area contributed by atoms with Crippen LogP contribution in [0, 0.1) is 11.3 Å². The summed E-state index contributed by atoms with van der Waals surface area (Å²) in [5.74, 6) is 0.898. The Hall–Kier alpha value is -2.26. The molecule has 1 aromatic heterocycles. The fourth-order valence-corrected chi connectivity index (χ4v) is 2.29. The topological polar surface area (TPSA) is 72.3 Å². The van der Waals surface area contributed by atoms with E-state index in [0.717, 1.165) is 32.0 Å². The first-order chi connectivity index (χ1) is 10.7. The molecular formula is C15H18ClN5O. The van der Waals surface area contributed by atoms with Gasteiger partial charge in [0.1, 0.15) is 17.5 Å². The van der Waals surface area contributed by atoms with Crippen molar-refractivity contribution in [3.63, 3.8) is 0 Å². The highest BCUT2D eigenvalue weighted by atomic mass is 35.5. The Morgan fingerprint density at radius 3 is 2.77 bits per heavy atom. The molecule has 1 aliphatic rings. The zero-order valence-electron chi connectivity index (χ0n) is 12.2. The summed E-state index contributed by atoms with van der Waals surface area (Å²) in [5, 5.41) is 11.7. The minimum absolute atomic E-state index is 0.108. The quantitative estimate of drug-likeness (QED) is 0.497. The number of hydrogen-bond acceptors (Lipinski definition) is 5. The van der Waals surface area contributed by atoms with Gasteiger partial charge in [-0.15, -0.1) is 11.6 Å². The highest BCUT2D eigenvalue weighted by molar-refractivity contribution is 6.18. The standard InChI is InChI=1S/C15H18ClN5O/c16-4-6-19-15(22)13(11-17)12-20-7-9-21(10-8-20)14-3-1-2-5-18-14/h1-3,5,12H,4,6-10H2,(H,19,22)/b13-12-. The molecule has 0 unspecified atom stereocenters. The molecule has 6 nitrogen and oxygen atoms in total. The lowest BCUT2D eigenvalue weighted by atomic mass is 10.2. The van der Waals surface area contributed by atoms with Crippen molar-refractivity contribution in [2.45, 2.75) is 0 Å². The van der Waals surface area contributed by atoms with E-state index in [-0.39, 0.29) is 11.5 Å². The molecule has 2 heterocycles. The number of hydrogen-bond donors (Lipinski definition) is 1. The predicted molar refractivity (Wildman–Crippen MR) is 85.4 cm³/mol. The van der Waals surface area contributed by atoms with Crippen LogP contribution in [-0.4, -0.2) is 54.4 Å². The summed E-state index contributed by atoms with van der Waals surface area (Å²) in [6.07, 6.45) is 3.40. The van der Waals surface area contributed by atoms with Crippen LogP contribution in [0.2, 0.25) is 0 Å². The number of carbonyl (C=O) groups excluding carboxylic acids is 1. The number of nitrogens with one attached hydrogen (secondary N) is 1. The van der Waals surface area contributed by atoms with Crippen LogP contribution in [0.4, 0.5) is 5.82 Å². The van der Waals surface area contributed by atoms with E-state index in [1.54, 1.807) is 12.4 Å². The van der Waals surface area contributed by atoms with Gasteiger partial charge in [-0.1, -0.05) is 6.07 Å². The van der Waals surface area contributed by atoms with E-state index in [1.165, 1.54) is 0 Å². The molecule has 0 bridgehead atoms. The number of anilines is 1. The second-order valence-electron chi connectivity index (χ2n) is 4.81. The number of aromatic nitrogens is 1. The Labute approximate surface area is 135 Å². The molecule has 22 heavy (non-hydrogen) atoms. The fourth-order valence-electron chi connectivity index (χ4n) is 2.20. The Bertz CT molecular complexity index is 561. The van der Waals surface area contributed by atoms with Crippen molar-refractivity contribution in [3.05, 3.63) is 36.2 Å². The summed E-state index contributed by atoms with van der Waals surface area (Å²) in [5.41, 5.74) is 0.108. The van der Waals surface area contributed by atoms with Gasteiger partial charge in [-0.05, 0) is 12.1 Å². The number of amides is 1. The minimum Gasteiger partial charge on any atom is -0.373 e. The zero-order chi connectivity index (χ0) is 15.8. The van der Waals surface area contributed by atoms with Crippen molar-refractivity contribution in [2.24, 2.45) is 0 Å². The van der Waals surface area contributed by atoms with Gasteiger partial charge in [-0.25, -0.2) is 4.98 Å². The van der Waals surface area contributed by atoms with E-state index in [0.29, 0.717) is 12.4 Å². The van der Waals surface area contributed by atoms with Gasteiger partial charge in [-0.2, -0.15) is 5.26 Å². The molecular weight excluding hydrogens is 302 g/mol. The second-order valence-corrected chi connectivity index (χ2v) is 5.19. The van der Waals surface area contributed by atoms with Crippen molar-refractivity contribution < 1.29 is 4.79 Å². The van der Waals surface area contributed by atoms with Crippen LogP contribution >= 0.6 is 11.6 Å². The Morgan fingerprint density at radius 1 is 1.41 bits per heavy atom. The van der Waals surface area contributed by atoms with Gasteiger partial charge in [0.2, 0.25) is 0 Å². The summed E-state index contributed by atoms with van der Waals surface area (Å²) in [7, 11) is 0. The molecule has 0 saturated carbocycles. The smallest absolute Gasteiger partial charge is 0.263 e. The third-order valence-electron chi connectivity index (χ3n) is 3.34. The van der Waals surface area contributed by atoms with E-state index in [1.807, 2.05) is 29.2 Å². The molecule has 1 N–H and O–H groups in total. The molecule has 1 amide bonds. The normalized spacial score (nSPS) is 15.4. The van der Waals surface area contributed by atoms with Gasteiger partial charge in [0.05, 0.1) is 0 Å². The molecule has 0 aliphatic carbocycles. The summed E-state index contributed by atoms with van der Waals surface area (Å²) < 4.78 is 0. The number of nitrogens with zero attached hydrogens (tertiary/aromatic N) is 4. The number of piperazine rings is 1. The van der Waals surface area contributed by atoms with E-state index in [2.05, 4.69) is 15.2 Å². The van der Waals surface area contributed by atoms with Gasteiger partial charge < -0.3 is 15.1 Å². The molecule has 2 rings (SSSR count). The molecule has 0 radical (unpaired) electrons. The van der Waals surface area contributed by atoms with Crippen LogP contribution in [0.3, 0.4) is 0 Å². The molecule has 0 atom stereocenters. The highest BCUT2D eigenvalue weighted by Gasteiger charge is 2.17. The number of rotatable bonds is 5. The first-order valence-corrected chi connectivity index (χ1v) is 7.64. The monoisotopic (exact) mass is 319 g/mol. The van der Waals surface area contributed by atoms with Gasteiger partial charge >= 0.3 is 0 Å². The number of carbonyl (C=O) groups is 1. The molecule has 7 heteroatoms. The van der Waals surface area contributed by atoms with Crippen LogP contribution in [0.15, 0.2) is 36.2 Å². The van der Waals surface area contributed by atoms with Crippen LogP contribution in [0.1, 0.15) is 0 Å². The average molecular weight is 320 g/mol. The Morgan fingerprint density at radius 2 is 2.18 bits per heavy atom. The van der Waals surface area contributed by atoms with Crippen molar-refractivity contribution in [3.8, 4) is 6.07 Å². The van der Waals surface area contributed by atoms with E-state index in [9.17, 15) is 4.79 Å². The van der Waals surface area contributed by atoms with Crippen LogP contribution < -0.4 is 10.2 Å². The van der Waals surface area contributed by atoms with E-state index in [4.69, 9.17) is 16.9 Å². The molecule has 116 valence electrons. The summed E-state index contributed by atoms with van der Waals surface area (Å²) in [6.45, 7) is 3.44. The lowest BCUT2D eigenvalue weighted by molar-refractivity contribution is -0.117. The zero-order valence-corrected chi connectivity index (χ0v) is 13.0. The molecule has 1 aromatic rings. The number of nitriles is 1. The molecule has 1 fully saturated rings. The second kappa shape index (κ2) is 8.25. The van der Waals surface area contributed by atoms with E-state index >= 15 is 0 Å². The molecule has 0 aromatic carbocycles. The van der Waals surface area contributed by atoms with Gasteiger partial charge in [0.25, 0.3) is 5.91 Å². The summed E-state index contributed by atoms with van der Waals surface area (Å²) >= 11 is 5.52. The van der Waals surface area contributed by atoms with Crippen molar-refractivity contribution >= 4 is 23.3 Å². The summed E-state index contributed by atoms with van der Waals surface area (Å²) in [6, 6.07) is 7.77. The fraction of sp³-hybridized carbons (Fsp3) is 0.400. The Balaban J connectivity index is 1.92. The van der Waals surface area contributed by atoms with Crippen molar-refractivity contribution in [2.75, 3.05) is 43.5 Å². The van der Waals surface area contributed by atoms with Gasteiger partial charge in [0, 0.05) is 51.0 Å². The van der Waals surface area contributed by atoms with Crippen molar-refractivity contribution in [1.82, 2.24) is 15.2 Å². The van der Waals surface area contributed by atoms with Crippen LogP contribution in [-0.2, 0) is 4.79 Å². The predicted octanol–water partition coefficient (Wildman–Crippen LogP) is 0.966. The highest BCUT2D eigenvalue weighted by Crippen LogP contribution is 2.13. The van der Waals surface area contributed by atoms with Crippen LogP contribution in [0.25, 0.3) is 0 Å².